The van der Waals surface area contributed by atoms with Gasteiger partial charge in [0.15, 0.2) is 5.11 Å². The fourth-order valence-corrected chi connectivity index (χ4v) is 4.24. The second-order valence-corrected chi connectivity index (χ2v) is 7.33. The van der Waals surface area contributed by atoms with Crippen molar-refractivity contribution < 1.29 is 4.39 Å². The molecule has 0 bridgehead atoms. The summed E-state index contributed by atoms with van der Waals surface area (Å²) < 4.78 is 16.8. The van der Waals surface area contributed by atoms with Crippen LogP contribution in [0.1, 0.15) is 23.5 Å². The Hall–Kier alpha value is -3.58. The number of aromatic nitrogens is 3. The summed E-state index contributed by atoms with van der Waals surface area (Å²) in [5.41, 5.74) is 2.18. The fourth-order valence-electron chi connectivity index (χ4n) is 3.90. The van der Waals surface area contributed by atoms with Gasteiger partial charge in [-0.1, -0.05) is 24.3 Å². The maximum atomic E-state index is 14.8. The van der Waals surface area contributed by atoms with Gasteiger partial charge in [-0.05, 0) is 60.7 Å². The summed E-state index contributed by atoms with van der Waals surface area (Å²) in [6.45, 7) is 0. The molecule has 0 saturated carbocycles. The molecule has 4 aromatic rings. The molecule has 1 fully saturated rings. The number of hydrogen-bond donors (Lipinski definition) is 1. The molecule has 1 aliphatic rings. The van der Waals surface area contributed by atoms with Crippen LogP contribution in [0.25, 0.3) is 5.82 Å². The number of pyridine rings is 2. The molecule has 0 amide bonds. The van der Waals surface area contributed by atoms with E-state index in [0.717, 1.165) is 17.2 Å². The largest absolute Gasteiger partial charge is 0.351 e. The summed E-state index contributed by atoms with van der Waals surface area (Å²) >= 11 is 5.67. The minimum atomic E-state index is -0.329. The van der Waals surface area contributed by atoms with Crippen LogP contribution in [0.5, 0.6) is 0 Å². The highest BCUT2D eigenvalue weighted by molar-refractivity contribution is 7.80. The first kappa shape index (κ1) is 18.4. The zero-order valence-corrected chi connectivity index (χ0v) is 16.7. The van der Waals surface area contributed by atoms with E-state index < -0.39 is 0 Å². The quantitative estimate of drug-likeness (QED) is 0.494. The van der Waals surface area contributed by atoms with E-state index in [0.29, 0.717) is 10.8 Å². The molecule has 3 aromatic heterocycles. The van der Waals surface area contributed by atoms with Crippen molar-refractivity contribution in [3.63, 3.8) is 0 Å². The van der Waals surface area contributed by atoms with Gasteiger partial charge in [0.05, 0.1) is 17.4 Å². The van der Waals surface area contributed by atoms with E-state index in [1.807, 2.05) is 70.3 Å². The molecular weight excluding hydrogens is 397 g/mol. The second-order valence-electron chi connectivity index (χ2n) is 6.94. The number of nitrogens with one attached hydrogen (secondary N) is 1. The molecule has 30 heavy (non-hydrogen) atoms. The van der Waals surface area contributed by atoms with Gasteiger partial charge in [0.1, 0.15) is 17.7 Å². The van der Waals surface area contributed by atoms with E-state index in [-0.39, 0.29) is 17.9 Å². The Balaban J connectivity index is 1.69. The van der Waals surface area contributed by atoms with E-state index in [1.54, 1.807) is 24.5 Å². The van der Waals surface area contributed by atoms with Crippen LogP contribution in [0.3, 0.4) is 0 Å². The van der Waals surface area contributed by atoms with Crippen molar-refractivity contribution in [3.8, 4) is 5.82 Å². The fraction of sp³-hybridized carbons (Fsp3) is 0.0870. The summed E-state index contributed by atoms with van der Waals surface area (Å²) in [6, 6.07) is 21.6. The highest BCUT2D eigenvalue weighted by Gasteiger charge is 2.43. The highest BCUT2D eigenvalue weighted by atomic mass is 32.1. The van der Waals surface area contributed by atoms with Gasteiger partial charge in [0.2, 0.25) is 0 Å². The van der Waals surface area contributed by atoms with Crippen LogP contribution in [-0.4, -0.2) is 19.6 Å². The van der Waals surface area contributed by atoms with E-state index >= 15 is 0 Å². The molecule has 5 nitrogen and oxygen atoms in total. The van der Waals surface area contributed by atoms with Gasteiger partial charge in [-0.3, -0.25) is 4.98 Å². The number of para-hydroxylation sites is 1. The predicted molar refractivity (Wildman–Crippen MR) is 118 cm³/mol. The topological polar surface area (TPSA) is 46.0 Å². The molecule has 1 aliphatic heterocycles. The summed E-state index contributed by atoms with van der Waals surface area (Å²) in [4.78, 5) is 10.9. The van der Waals surface area contributed by atoms with Crippen molar-refractivity contribution in [1.82, 2.24) is 19.9 Å². The molecule has 1 aromatic carbocycles. The number of thiocarbonyl (C=S) groups is 1. The molecule has 1 N–H and O–H groups in total. The number of hydrogen-bond acceptors (Lipinski definition) is 3. The van der Waals surface area contributed by atoms with Crippen LogP contribution in [-0.2, 0) is 0 Å². The van der Waals surface area contributed by atoms with Crippen LogP contribution < -0.4 is 10.2 Å². The molecule has 0 radical (unpaired) electrons. The highest BCUT2D eigenvalue weighted by Crippen LogP contribution is 2.42. The van der Waals surface area contributed by atoms with E-state index in [4.69, 9.17) is 12.2 Å². The zero-order valence-electron chi connectivity index (χ0n) is 15.9. The Morgan fingerprint density at radius 2 is 1.63 bits per heavy atom. The molecule has 0 spiro atoms. The lowest BCUT2D eigenvalue weighted by molar-refractivity contribution is 0.541. The average Bonchev–Trinajstić information content (AvgIpc) is 3.40. The molecule has 7 heteroatoms. The van der Waals surface area contributed by atoms with E-state index in [1.165, 1.54) is 6.07 Å². The van der Waals surface area contributed by atoms with Gasteiger partial charge in [0, 0.05) is 24.3 Å². The maximum absolute atomic E-state index is 14.8. The summed E-state index contributed by atoms with van der Waals surface area (Å²) in [5.74, 6) is 0.452. The smallest absolute Gasteiger partial charge is 0.174 e. The number of nitrogens with zero attached hydrogens (tertiary/aromatic N) is 4. The second kappa shape index (κ2) is 7.68. The van der Waals surface area contributed by atoms with Crippen LogP contribution in [0.15, 0.2) is 91.4 Å². The van der Waals surface area contributed by atoms with Crippen molar-refractivity contribution in [2.45, 2.75) is 12.1 Å². The van der Waals surface area contributed by atoms with Crippen LogP contribution in [0.2, 0.25) is 0 Å². The van der Waals surface area contributed by atoms with E-state index in [2.05, 4.69) is 15.3 Å². The molecule has 2 atom stereocenters. The Morgan fingerprint density at radius 1 is 0.867 bits per heavy atom. The molecular formula is C23H18FN5S. The van der Waals surface area contributed by atoms with Gasteiger partial charge in [0.25, 0.3) is 0 Å². The SMILES string of the molecule is Fc1ccccc1N1C(=S)N[C@H](c2ccccn2)[C@@H]1c1cccn1-c1ccccn1. The Kier molecular flexibility index (Phi) is 4.72. The standard InChI is InChI=1S/C23H18FN5S/c24-16-8-1-2-10-18(16)29-22(21(27-23(29)30)17-9-3-5-13-25-17)19-11-7-15-28(19)20-12-4-6-14-26-20/h1-15,21-22H,(H,27,30)/t21-,22+/m1/s1. The first-order chi connectivity index (χ1) is 14.7. The lowest BCUT2D eigenvalue weighted by Crippen LogP contribution is -2.31. The Morgan fingerprint density at radius 3 is 2.37 bits per heavy atom. The third-order valence-electron chi connectivity index (χ3n) is 5.19. The number of anilines is 1. The Bertz CT molecular complexity index is 1180. The van der Waals surface area contributed by atoms with Crippen molar-refractivity contribution >= 4 is 23.0 Å². The zero-order chi connectivity index (χ0) is 20.5. The Labute approximate surface area is 178 Å². The van der Waals surface area contributed by atoms with Crippen LogP contribution >= 0.6 is 12.2 Å². The molecule has 0 aliphatic carbocycles. The van der Waals surface area contributed by atoms with Gasteiger partial charge in [-0.15, -0.1) is 0 Å². The maximum Gasteiger partial charge on any atom is 0.174 e. The minimum absolute atomic E-state index is 0.254. The normalized spacial score (nSPS) is 18.4. The van der Waals surface area contributed by atoms with Crippen molar-refractivity contribution in [3.05, 3.63) is 109 Å². The van der Waals surface area contributed by atoms with Crippen molar-refractivity contribution in [1.29, 1.82) is 0 Å². The number of rotatable bonds is 4. The predicted octanol–water partition coefficient (Wildman–Crippen LogP) is 4.58. The first-order valence-electron chi connectivity index (χ1n) is 9.58. The third kappa shape index (κ3) is 3.13. The van der Waals surface area contributed by atoms with Gasteiger partial charge in [-0.25, -0.2) is 9.37 Å². The first-order valence-corrected chi connectivity index (χ1v) is 9.99. The molecule has 148 valence electrons. The van der Waals surface area contributed by atoms with Gasteiger partial charge < -0.3 is 14.8 Å². The molecule has 1 saturated heterocycles. The minimum Gasteiger partial charge on any atom is -0.351 e. The summed E-state index contributed by atoms with van der Waals surface area (Å²) in [7, 11) is 0. The third-order valence-corrected chi connectivity index (χ3v) is 5.50. The van der Waals surface area contributed by atoms with Crippen LogP contribution in [0, 0.1) is 5.82 Å². The van der Waals surface area contributed by atoms with Gasteiger partial charge >= 0.3 is 0 Å². The summed E-state index contributed by atoms with van der Waals surface area (Å²) in [6.07, 6.45) is 5.45. The monoisotopic (exact) mass is 415 g/mol. The number of halogens is 1. The number of benzene rings is 1. The summed E-state index contributed by atoms with van der Waals surface area (Å²) in [5, 5.41) is 3.81. The lowest BCUT2D eigenvalue weighted by atomic mass is 10.0. The lowest BCUT2D eigenvalue weighted by Gasteiger charge is -2.29. The molecule has 0 unspecified atom stereocenters. The molecule has 5 rings (SSSR count). The van der Waals surface area contributed by atoms with Crippen molar-refractivity contribution in [2.75, 3.05) is 4.90 Å². The van der Waals surface area contributed by atoms with E-state index in [9.17, 15) is 4.39 Å². The molecule has 4 heterocycles. The average molecular weight is 415 g/mol. The van der Waals surface area contributed by atoms with Crippen molar-refractivity contribution in [2.24, 2.45) is 0 Å². The van der Waals surface area contributed by atoms with Gasteiger partial charge in [-0.2, -0.15) is 0 Å². The van der Waals surface area contributed by atoms with Crippen LogP contribution in [0.4, 0.5) is 10.1 Å².